The van der Waals surface area contributed by atoms with Gasteiger partial charge < -0.3 is 0 Å². The molecule has 0 aromatic carbocycles. The fourth-order valence-corrected chi connectivity index (χ4v) is 1.32. The number of nitriles is 1. The first-order valence-corrected chi connectivity index (χ1v) is 3.84. The van der Waals surface area contributed by atoms with Crippen molar-refractivity contribution in [1.29, 1.82) is 5.26 Å². The van der Waals surface area contributed by atoms with Gasteiger partial charge in [-0.2, -0.15) is 5.26 Å². The van der Waals surface area contributed by atoms with Crippen molar-refractivity contribution in [1.82, 2.24) is 9.38 Å². The van der Waals surface area contributed by atoms with Crippen LogP contribution in [0.2, 0.25) is 5.15 Å². The van der Waals surface area contributed by atoms with E-state index in [-0.39, 0.29) is 16.5 Å². The van der Waals surface area contributed by atoms with E-state index in [0.29, 0.717) is 0 Å². The van der Waals surface area contributed by atoms with E-state index in [1.54, 1.807) is 0 Å². The van der Waals surface area contributed by atoms with Gasteiger partial charge in [0.2, 0.25) is 0 Å². The van der Waals surface area contributed by atoms with E-state index in [0.717, 1.165) is 0 Å². The number of imidazole rings is 1. The second-order valence-electron chi connectivity index (χ2n) is 2.41. The lowest BCUT2D eigenvalue weighted by atomic mass is 10.4. The van der Waals surface area contributed by atoms with Gasteiger partial charge in [-0.25, -0.2) is 9.37 Å². The lowest BCUT2D eigenvalue weighted by Gasteiger charge is -1.93. The molecule has 5 heteroatoms. The van der Waals surface area contributed by atoms with Gasteiger partial charge in [-0.15, -0.1) is 0 Å². The summed E-state index contributed by atoms with van der Waals surface area (Å²) in [6.45, 7) is 0. The molecule has 0 aliphatic rings. The Labute approximate surface area is 78.0 Å². The largest absolute Gasteiger partial charge is 0.287 e. The van der Waals surface area contributed by atoms with Gasteiger partial charge in [0.25, 0.3) is 0 Å². The maximum atomic E-state index is 13.1. The fourth-order valence-electron chi connectivity index (χ4n) is 1.11. The van der Waals surface area contributed by atoms with Gasteiger partial charge in [-0.1, -0.05) is 11.6 Å². The maximum absolute atomic E-state index is 13.1. The monoisotopic (exact) mass is 195 g/mol. The van der Waals surface area contributed by atoms with Crippen LogP contribution in [0.1, 0.15) is 5.69 Å². The molecule has 0 atom stereocenters. The van der Waals surface area contributed by atoms with Gasteiger partial charge in [-0.05, 0) is 12.1 Å². The van der Waals surface area contributed by atoms with Crippen LogP contribution in [0.15, 0.2) is 18.3 Å². The van der Waals surface area contributed by atoms with Crippen LogP contribution in [0.5, 0.6) is 0 Å². The Hall–Kier alpha value is -1.60. The molecule has 2 aromatic heterocycles. The summed E-state index contributed by atoms with van der Waals surface area (Å²) in [7, 11) is 0. The Morgan fingerprint density at radius 2 is 2.38 bits per heavy atom. The maximum Gasteiger partial charge on any atom is 0.175 e. The quantitative estimate of drug-likeness (QED) is 0.645. The average molecular weight is 196 g/mol. The van der Waals surface area contributed by atoms with E-state index < -0.39 is 5.82 Å². The zero-order valence-corrected chi connectivity index (χ0v) is 7.09. The minimum Gasteiger partial charge on any atom is -0.287 e. The van der Waals surface area contributed by atoms with Gasteiger partial charge in [0.15, 0.2) is 22.3 Å². The highest BCUT2D eigenvalue weighted by atomic mass is 35.5. The molecule has 0 fully saturated rings. The van der Waals surface area contributed by atoms with Crippen molar-refractivity contribution < 1.29 is 4.39 Å². The Kier molecular flexibility index (Phi) is 1.67. The van der Waals surface area contributed by atoms with Gasteiger partial charge in [0.05, 0.1) is 0 Å². The standard InChI is InChI=1S/C8H3ClFN3/c9-7-6(4-11)13-3-1-2-5(10)8(13)12-7/h1-3H. The van der Waals surface area contributed by atoms with Crippen molar-refractivity contribution in [2.45, 2.75) is 0 Å². The highest BCUT2D eigenvalue weighted by Crippen LogP contribution is 2.18. The summed E-state index contributed by atoms with van der Waals surface area (Å²) in [4.78, 5) is 3.71. The van der Waals surface area contributed by atoms with E-state index in [1.807, 2.05) is 6.07 Å². The fraction of sp³-hybridized carbons (Fsp3) is 0. The normalized spacial score (nSPS) is 10.2. The first kappa shape index (κ1) is 8.02. The highest BCUT2D eigenvalue weighted by molar-refractivity contribution is 6.30. The molecule has 0 spiro atoms. The Bertz CT molecular complexity index is 512. The number of fused-ring (bicyclic) bond motifs is 1. The molecule has 0 amide bonds. The summed E-state index contributed by atoms with van der Waals surface area (Å²) >= 11 is 5.62. The van der Waals surface area contributed by atoms with Crippen molar-refractivity contribution in [2.24, 2.45) is 0 Å². The van der Waals surface area contributed by atoms with E-state index >= 15 is 0 Å². The lowest BCUT2D eigenvalue weighted by molar-refractivity contribution is 0.630. The summed E-state index contributed by atoms with van der Waals surface area (Å²) < 4.78 is 14.4. The Morgan fingerprint density at radius 3 is 3.08 bits per heavy atom. The Balaban J connectivity index is 2.96. The average Bonchev–Trinajstić information content (AvgIpc) is 2.43. The first-order valence-electron chi connectivity index (χ1n) is 3.46. The van der Waals surface area contributed by atoms with Gasteiger partial charge >= 0.3 is 0 Å². The molecule has 64 valence electrons. The molecule has 0 saturated heterocycles. The third-order valence-electron chi connectivity index (χ3n) is 1.67. The molecule has 0 saturated carbocycles. The molecule has 2 rings (SSSR count). The number of rotatable bonds is 0. The summed E-state index contributed by atoms with van der Waals surface area (Å²) in [6, 6.07) is 4.60. The zero-order chi connectivity index (χ0) is 9.42. The number of hydrogen-bond donors (Lipinski definition) is 0. The molecule has 0 unspecified atom stereocenters. The Morgan fingerprint density at radius 1 is 1.62 bits per heavy atom. The van der Waals surface area contributed by atoms with E-state index in [2.05, 4.69) is 4.98 Å². The van der Waals surface area contributed by atoms with Crippen molar-refractivity contribution in [2.75, 3.05) is 0 Å². The smallest absolute Gasteiger partial charge is 0.175 e. The van der Waals surface area contributed by atoms with Gasteiger partial charge in [0.1, 0.15) is 6.07 Å². The third-order valence-corrected chi connectivity index (χ3v) is 1.93. The van der Waals surface area contributed by atoms with E-state index in [4.69, 9.17) is 16.9 Å². The van der Waals surface area contributed by atoms with Crippen LogP contribution < -0.4 is 0 Å². The van der Waals surface area contributed by atoms with E-state index in [1.165, 1.54) is 22.7 Å². The molecule has 0 N–H and O–H groups in total. The topological polar surface area (TPSA) is 41.1 Å². The summed E-state index contributed by atoms with van der Waals surface area (Å²) in [5.41, 5.74) is 0.222. The van der Waals surface area contributed by atoms with E-state index in [9.17, 15) is 4.39 Å². The molecule has 3 nitrogen and oxygen atoms in total. The molecular weight excluding hydrogens is 193 g/mol. The van der Waals surface area contributed by atoms with Crippen LogP contribution in [0.4, 0.5) is 4.39 Å². The van der Waals surface area contributed by atoms with Crippen molar-refractivity contribution in [3.63, 3.8) is 0 Å². The second-order valence-corrected chi connectivity index (χ2v) is 2.77. The number of nitrogens with zero attached hydrogens (tertiary/aromatic N) is 3. The van der Waals surface area contributed by atoms with Gasteiger partial charge in [-0.3, -0.25) is 4.40 Å². The van der Waals surface area contributed by atoms with Crippen molar-refractivity contribution in [3.05, 3.63) is 35.0 Å². The number of aromatic nitrogens is 2. The van der Waals surface area contributed by atoms with Crippen LogP contribution >= 0.6 is 11.6 Å². The van der Waals surface area contributed by atoms with Crippen LogP contribution in [0.25, 0.3) is 5.65 Å². The predicted octanol–water partition coefficient (Wildman–Crippen LogP) is 2.00. The molecule has 13 heavy (non-hydrogen) atoms. The zero-order valence-electron chi connectivity index (χ0n) is 6.33. The van der Waals surface area contributed by atoms with Crippen LogP contribution in [-0.2, 0) is 0 Å². The number of halogens is 2. The molecule has 0 radical (unpaired) electrons. The summed E-state index contributed by atoms with van der Waals surface area (Å²) in [5.74, 6) is -0.495. The molecule has 0 aliphatic carbocycles. The predicted molar refractivity (Wildman–Crippen MR) is 44.9 cm³/mol. The summed E-state index contributed by atoms with van der Waals surface area (Å²) in [6.07, 6.45) is 1.54. The third kappa shape index (κ3) is 1.05. The van der Waals surface area contributed by atoms with Gasteiger partial charge in [0, 0.05) is 6.20 Å². The van der Waals surface area contributed by atoms with Crippen LogP contribution in [0, 0.1) is 17.1 Å². The molecule has 0 bridgehead atoms. The SMILES string of the molecule is N#Cc1c(Cl)nc2c(F)cccn12. The first-order chi connectivity index (χ1) is 6.24. The highest BCUT2D eigenvalue weighted by Gasteiger charge is 2.11. The number of hydrogen-bond acceptors (Lipinski definition) is 2. The minimum atomic E-state index is -0.495. The number of pyridine rings is 1. The minimum absolute atomic E-state index is 0.0209. The second kappa shape index (κ2) is 2.71. The van der Waals surface area contributed by atoms with Crippen molar-refractivity contribution >= 4 is 17.2 Å². The molecule has 0 aliphatic heterocycles. The van der Waals surface area contributed by atoms with Crippen LogP contribution in [-0.4, -0.2) is 9.38 Å². The molecular formula is C8H3ClFN3. The van der Waals surface area contributed by atoms with Crippen molar-refractivity contribution in [3.8, 4) is 6.07 Å². The summed E-state index contributed by atoms with van der Waals surface area (Å²) in [5, 5.41) is 8.70. The molecule has 2 heterocycles. The lowest BCUT2D eigenvalue weighted by Crippen LogP contribution is -1.89. The van der Waals surface area contributed by atoms with Crippen LogP contribution in [0.3, 0.4) is 0 Å². The molecule has 2 aromatic rings.